The van der Waals surface area contributed by atoms with E-state index in [0.29, 0.717) is 5.76 Å². The molecule has 0 spiro atoms. The second-order valence-electron chi connectivity index (χ2n) is 4.93. The molecule has 1 heterocycles. The summed E-state index contributed by atoms with van der Waals surface area (Å²) in [5.41, 5.74) is 0.0133. The molecule has 0 saturated carbocycles. The number of halogens is 1. The van der Waals surface area contributed by atoms with Crippen molar-refractivity contribution in [3.63, 3.8) is 0 Å². The molecule has 0 aliphatic heterocycles. The number of carbonyl (C=O) groups is 1. The van der Waals surface area contributed by atoms with Crippen LogP contribution in [-0.4, -0.2) is 25.8 Å². The Labute approximate surface area is 128 Å². The molecule has 0 unspecified atom stereocenters. The quantitative estimate of drug-likeness (QED) is 0.846. The number of rotatable bonds is 5. The highest BCUT2D eigenvalue weighted by Gasteiger charge is 2.31. The zero-order valence-corrected chi connectivity index (χ0v) is 13.0. The molecule has 118 valence electrons. The summed E-state index contributed by atoms with van der Waals surface area (Å²) in [6.45, 7) is 1.24. The van der Waals surface area contributed by atoms with Crippen LogP contribution in [0.5, 0.6) is 0 Å². The number of nitrogens with zero attached hydrogens (tertiary/aromatic N) is 1. The SMILES string of the molecule is C[C@H](C(=O)N(Cc1ccco1)c1ccccc1F)S(C)(=O)=O. The molecule has 2 aromatic rings. The maximum atomic E-state index is 14.0. The van der Waals surface area contributed by atoms with Gasteiger partial charge in [0.05, 0.1) is 18.5 Å². The van der Waals surface area contributed by atoms with Gasteiger partial charge in [0.1, 0.15) is 16.8 Å². The molecule has 0 aliphatic rings. The van der Waals surface area contributed by atoms with Crippen molar-refractivity contribution >= 4 is 21.4 Å². The van der Waals surface area contributed by atoms with Crippen LogP contribution in [-0.2, 0) is 21.2 Å². The van der Waals surface area contributed by atoms with Crippen LogP contribution in [0.3, 0.4) is 0 Å². The number of benzene rings is 1. The summed E-state index contributed by atoms with van der Waals surface area (Å²) in [5.74, 6) is -0.885. The van der Waals surface area contributed by atoms with E-state index in [1.54, 1.807) is 18.2 Å². The molecule has 1 aromatic heterocycles. The third kappa shape index (κ3) is 3.54. The molecule has 0 N–H and O–H groups in total. The molecular weight excluding hydrogens is 309 g/mol. The summed E-state index contributed by atoms with van der Waals surface area (Å²) < 4.78 is 42.5. The molecule has 7 heteroatoms. The number of amides is 1. The van der Waals surface area contributed by atoms with Gasteiger partial charge in [0, 0.05) is 6.26 Å². The highest BCUT2D eigenvalue weighted by Crippen LogP contribution is 2.23. The molecular formula is C15H16FNO4S. The van der Waals surface area contributed by atoms with E-state index < -0.39 is 26.8 Å². The van der Waals surface area contributed by atoms with E-state index in [9.17, 15) is 17.6 Å². The molecule has 0 radical (unpaired) electrons. The Balaban J connectivity index is 2.42. The second-order valence-corrected chi connectivity index (χ2v) is 7.29. The van der Waals surface area contributed by atoms with Gasteiger partial charge in [-0.2, -0.15) is 0 Å². The van der Waals surface area contributed by atoms with Crippen molar-refractivity contribution in [2.75, 3.05) is 11.2 Å². The molecule has 0 aliphatic carbocycles. The summed E-state index contributed by atoms with van der Waals surface area (Å²) in [6.07, 6.45) is 2.40. The standard InChI is InChI=1S/C15H16FNO4S/c1-11(22(2,19)20)15(18)17(10-12-6-5-9-21-12)14-8-4-3-7-13(14)16/h3-9,11H,10H2,1-2H3/t11-/m1/s1. The first-order valence-electron chi connectivity index (χ1n) is 6.58. The first kappa shape index (κ1) is 16.2. The van der Waals surface area contributed by atoms with Gasteiger partial charge in [-0.1, -0.05) is 12.1 Å². The lowest BCUT2D eigenvalue weighted by Gasteiger charge is -2.24. The van der Waals surface area contributed by atoms with Gasteiger partial charge in [-0.05, 0) is 31.2 Å². The highest BCUT2D eigenvalue weighted by atomic mass is 32.2. The van der Waals surface area contributed by atoms with Gasteiger partial charge >= 0.3 is 0 Å². The molecule has 0 bridgehead atoms. The lowest BCUT2D eigenvalue weighted by atomic mass is 10.2. The Morgan fingerprint density at radius 3 is 2.50 bits per heavy atom. The van der Waals surface area contributed by atoms with Gasteiger partial charge in [-0.15, -0.1) is 0 Å². The van der Waals surface area contributed by atoms with Gasteiger partial charge in [-0.3, -0.25) is 4.79 Å². The average Bonchev–Trinajstić information content (AvgIpc) is 2.96. The number of anilines is 1. The Morgan fingerprint density at radius 2 is 1.95 bits per heavy atom. The zero-order chi connectivity index (χ0) is 16.3. The summed E-state index contributed by atoms with van der Waals surface area (Å²) in [6, 6.07) is 8.97. The predicted octanol–water partition coefficient (Wildman–Crippen LogP) is 2.39. The Morgan fingerprint density at radius 1 is 1.27 bits per heavy atom. The van der Waals surface area contributed by atoms with E-state index >= 15 is 0 Å². The second kappa shape index (κ2) is 6.31. The fourth-order valence-corrected chi connectivity index (χ4v) is 2.41. The first-order chi connectivity index (χ1) is 10.3. The normalized spacial score (nSPS) is 12.9. The lowest BCUT2D eigenvalue weighted by molar-refractivity contribution is -0.118. The number of para-hydroxylation sites is 1. The Hall–Kier alpha value is -2.15. The van der Waals surface area contributed by atoms with Crippen LogP contribution >= 0.6 is 0 Å². The number of hydrogen-bond acceptors (Lipinski definition) is 4. The molecule has 1 atom stereocenters. The molecule has 22 heavy (non-hydrogen) atoms. The minimum atomic E-state index is -3.59. The minimum Gasteiger partial charge on any atom is -0.467 e. The van der Waals surface area contributed by atoms with Crippen molar-refractivity contribution in [3.05, 3.63) is 54.2 Å². The van der Waals surface area contributed by atoms with Crippen molar-refractivity contribution in [1.82, 2.24) is 0 Å². The van der Waals surface area contributed by atoms with Crippen LogP contribution in [0.25, 0.3) is 0 Å². The van der Waals surface area contributed by atoms with Crippen LogP contribution in [0.1, 0.15) is 12.7 Å². The summed E-state index contributed by atoms with van der Waals surface area (Å²) in [4.78, 5) is 13.6. The van der Waals surface area contributed by atoms with Gasteiger partial charge in [0.15, 0.2) is 9.84 Å². The monoisotopic (exact) mass is 325 g/mol. The third-order valence-electron chi connectivity index (χ3n) is 3.29. The summed E-state index contributed by atoms with van der Waals surface area (Å²) in [7, 11) is -3.59. The number of hydrogen-bond donors (Lipinski definition) is 0. The molecule has 2 rings (SSSR count). The van der Waals surface area contributed by atoms with Crippen molar-refractivity contribution in [2.24, 2.45) is 0 Å². The van der Waals surface area contributed by atoms with E-state index in [-0.39, 0.29) is 12.2 Å². The molecule has 0 fully saturated rings. The lowest BCUT2D eigenvalue weighted by Crippen LogP contribution is -2.41. The largest absolute Gasteiger partial charge is 0.467 e. The molecule has 1 amide bonds. The smallest absolute Gasteiger partial charge is 0.245 e. The van der Waals surface area contributed by atoms with E-state index in [2.05, 4.69) is 0 Å². The third-order valence-corrected chi connectivity index (χ3v) is 4.78. The van der Waals surface area contributed by atoms with Crippen LogP contribution in [0.2, 0.25) is 0 Å². The van der Waals surface area contributed by atoms with E-state index in [4.69, 9.17) is 4.42 Å². The fourth-order valence-electron chi connectivity index (χ4n) is 1.91. The van der Waals surface area contributed by atoms with E-state index in [0.717, 1.165) is 11.2 Å². The van der Waals surface area contributed by atoms with Gasteiger partial charge in [0.2, 0.25) is 5.91 Å². The maximum Gasteiger partial charge on any atom is 0.245 e. The van der Waals surface area contributed by atoms with Crippen LogP contribution in [0, 0.1) is 5.82 Å². The number of carbonyl (C=O) groups excluding carboxylic acids is 1. The topological polar surface area (TPSA) is 67.6 Å². The Kier molecular flexibility index (Phi) is 4.65. The number of furan rings is 1. The van der Waals surface area contributed by atoms with E-state index in [1.165, 1.54) is 31.4 Å². The van der Waals surface area contributed by atoms with Crippen LogP contribution in [0.15, 0.2) is 47.1 Å². The van der Waals surface area contributed by atoms with E-state index in [1.807, 2.05) is 0 Å². The summed E-state index contributed by atoms with van der Waals surface area (Å²) in [5, 5.41) is -1.28. The zero-order valence-electron chi connectivity index (χ0n) is 12.2. The van der Waals surface area contributed by atoms with Crippen molar-refractivity contribution in [2.45, 2.75) is 18.7 Å². The molecule has 5 nitrogen and oxygen atoms in total. The van der Waals surface area contributed by atoms with Crippen molar-refractivity contribution in [1.29, 1.82) is 0 Å². The van der Waals surface area contributed by atoms with Crippen molar-refractivity contribution in [3.8, 4) is 0 Å². The molecule has 0 saturated heterocycles. The Bertz CT molecular complexity index is 756. The molecule has 1 aromatic carbocycles. The minimum absolute atomic E-state index is 0.0133. The van der Waals surface area contributed by atoms with Gasteiger partial charge < -0.3 is 9.32 Å². The summed E-state index contributed by atoms with van der Waals surface area (Å²) >= 11 is 0. The van der Waals surface area contributed by atoms with Crippen molar-refractivity contribution < 1.29 is 22.0 Å². The van der Waals surface area contributed by atoms with Crippen LogP contribution in [0.4, 0.5) is 10.1 Å². The van der Waals surface area contributed by atoms with Gasteiger partial charge in [0.25, 0.3) is 0 Å². The fraction of sp³-hybridized carbons (Fsp3) is 0.267. The van der Waals surface area contributed by atoms with Gasteiger partial charge in [-0.25, -0.2) is 12.8 Å². The first-order valence-corrected chi connectivity index (χ1v) is 8.53. The highest BCUT2D eigenvalue weighted by molar-refractivity contribution is 7.92. The van der Waals surface area contributed by atoms with Crippen LogP contribution < -0.4 is 4.90 Å². The number of sulfone groups is 1. The predicted molar refractivity (Wildman–Crippen MR) is 80.6 cm³/mol. The average molecular weight is 325 g/mol. The maximum absolute atomic E-state index is 14.0.